The molecule has 0 heterocycles. The van der Waals surface area contributed by atoms with E-state index in [1.165, 1.54) is 0 Å². The van der Waals surface area contributed by atoms with Crippen molar-refractivity contribution in [3.63, 3.8) is 0 Å². The first kappa shape index (κ1) is 22.0. The molecule has 0 saturated heterocycles. The molecule has 5 nitrogen and oxygen atoms in total. The lowest BCUT2D eigenvalue weighted by Crippen LogP contribution is -2.38. The number of nitrogens with zero attached hydrogens (tertiary/aromatic N) is 1. The lowest BCUT2D eigenvalue weighted by atomic mass is 9.78. The van der Waals surface area contributed by atoms with Crippen molar-refractivity contribution in [2.24, 2.45) is 0 Å². The van der Waals surface area contributed by atoms with Crippen molar-refractivity contribution in [2.75, 3.05) is 31.5 Å². The molecule has 30 heavy (non-hydrogen) atoms. The summed E-state index contributed by atoms with van der Waals surface area (Å²) in [6, 6.07) is 17.2. The Morgan fingerprint density at radius 3 is 2.17 bits per heavy atom. The lowest BCUT2D eigenvalue weighted by molar-refractivity contribution is -0.121. The van der Waals surface area contributed by atoms with Crippen molar-refractivity contribution in [2.45, 2.75) is 44.9 Å². The molecule has 0 atom stereocenters. The summed E-state index contributed by atoms with van der Waals surface area (Å²) in [6.07, 6.45) is 3.87. The van der Waals surface area contributed by atoms with Gasteiger partial charge in [0.15, 0.2) is 0 Å². The van der Waals surface area contributed by atoms with Crippen LogP contribution in [0.25, 0.3) is 0 Å². The van der Waals surface area contributed by atoms with Crippen LogP contribution < -0.4 is 10.6 Å². The summed E-state index contributed by atoms with van der Waals surface area (Å²) in [5, 5.41) is 6.05. The van der Waals surface area contributed by atoms with Gasteiger partial charge in [-0.3, -0.25) is 9.59 Å². The average molecular weight is 408 g/mol. The largest absolute Gasteiger partial charge is 0.351 e. The molecular formula is C25H33N3O2. The van der Waals surface area contributed by atoms with Crippen molar-refractivity contribution in [1.29, 1.82) is 0 Å². The van der Waals surface area contributed by atoms with E-state index >= 15 is 0 Å². The predicted octanol–water partition coefficient (Wildman–Crippen LogP) is 4.21. The third kappa shape index (κ3) is 5.08. The van der Waals surface area contributed by atoms with Crippen LogP contribution in [0.4, 0.5) is 5.69 Å². The summed E-state index contributed by atoms with van der Waals surface area (Å²) in [5.74, 6) is -0.0424. The highest BCUT2D eigenvalue weighted by Crippen LogP contribution is 2.42. The molecule has 2 N–H and O–H groups in total. The summed E-state index contributed by atoms with van der Waals surface area (Å²) < 4.78 is 0. The molecule has 1 aliphatic carbocycles. The molecule has 1 aliphatic rings. The van der Waals surface area contributed by atoms with E-state index in [0.717, 1.165) is 56.6 Å². The summed E-state index contributed by atoms with van der Waals surface area (Å²) in [5.41, 5.74) is 1.96. The van der Waals surface area contributed by atoms with Crippen molar-refractivity contribution >= 4 is 17.5 Å². The van der Waals surface area contributed by atoms with Crippen molar-refractivity contribution < 1.29 is 9.59 Å². The predicted molar refractivity (Wildman–Crippen MR) is 122 cm³/mol. The van der Waals surface area contributed by atoms with E-state index in [1.807, 2.05) is 30.3 Å². The van der Waals surface area contributed by atoms with Crippen LogP contribution >= 0.6 is 0 Å². The van der Waals surface area contributed by atoms with Gasteiger partial charge in [-0.05, 0) is 55.8 Å². The molecule has 2 amide bonds. The number of anilines is 1. The molecule has 0 aromatic heterocycles. The van der Waals surface area contributed by atoms with Gasteiger partial charge in [-0.25, -0.2) is 0 Å². The molecule has 0 unspecified atom stereocenters. The van der Waals surface area contributed by atoms with Crippen LogP contribution in [0.1, 0.15) is 55.5 Å². The zero-order valence-electron chi connectivity index (χ0n) is 18.1. The van der Waals surface area contributed by atoms with Gasteiger partial charge in [-0.2, -0.15) is 0 Å². The molecule has 3 rings (SSSR count). The topological polar surface area (TPSA) is 61.4 Å². The summed E-state index contributed by atoms with van der Waals surface area (Å²) in [6.45, 7) is 7.65. The highest BCUT2D eigenvalue weighted by atomic mass is 16.2. The van der Waals surface area contributed by atoms with Gasteiger partial charge >= 0.3 is 0 Å². The zero-order chi connectivity index (χ0) is 21.4. The Labute approximate surface area is 179 Å². The maximum absolute atomic E-state index is 13.2. The number of likely N-dealkylation sites (N-methyl/N-ethyl adjacent to an activating group) is 1. The van der Waals surface area contributed by atoms with Crippen LogP contribution in [0.2, 0.25) is 0 Å². The molecule has 0 aliphatic heterocycles. The van der Waals surface area contributed by atoms with E-state index in [1.54, 1.807) is 12.1 Å². The minimum absolute atomic E-state index is 0.0441. The van der Waals surface area contributed by atoms with E-state index in [2.05, 4.69) is 41.5 Å². The Balaban J connectivity index is 1.61. The molecule has 0 radical (unpaired) electrons. The third-order valence-corrected chi connectivity index (χ3v) is 6.23. The summed E-state index contributed by atoms with van der Waals surface area (Å²) in [7, 11) is 0. The first-order valence-electron chi connectivity index (χ1n) is 11.1. The van der Waals surface area contributed by atoms with E-state index < -0.39 is 5.41 Å². The second-order valence-corrected chi connectivity index (χ2v) is 7.97. The van der Waals surface area contributed by atoms with Gasteiger partial charge in [0.1, 0.15) is 0 Å². The van der Waals surface area contributed by atoms with E-state index in [4.69, 9.17) is 0 Å². The standard InChI is InChI=1S/C25H33N3O2/c1-3-28(4-2)19-18-26-23(29)20-12-14-22(15-13-20)27-24(30)25(16-8-9-17-25)21-10-6-5-7-11-21/h5-7,10-15H,3-4,8-9,16-19H2,1-2H3,(H,26,29)(H,27,30). The van der Waals surface area contributed by atoms with Gasteiger partial charge < -0.3 is 15.5 Å². The smallest absolute Gasteiger partial charge is 0.251 e. The van der Waals surface area contributed by atoms with Crippen molar-refractivity contribution in [3.05, 3.63) is 65.7 Å². The molecule has 2 aromatic rings. The molecule has 160 valence electrons. The number of benzene rings is 2. The minimum Gasteiger partial charge on any atom is -0.351 e. The highest BCUT2D eigenvalue weighted by Gasteiger charge is 2.42. The average Bonchev–Trinajstić information content (AvgIpc) is 3.29. The minimum atomic E-state index is -0.457. The Hall–Kier alpha value is -2.66. The van der Waals surface area contributed by atoms with Gasteiger partial charge in [0.05, 0.1) is 5.41 Å². The fourth-order valence-corrected chi connectivity index (χ4v) is 4.31. The van der Waals surface area contributed by atoms with Crippen molar-refractivity contribution in [3.8, 4) is 0 Å². The fraction of sp³-hybridized carbons (Fsp3) is 0.440. The van der Waals surface area contributed by atoms with Gasteiger partial charge in [0.25, 0.3) is 5.91 Å². The van der Waals surface area contributed by atoms with Crippen molar-refractivity contribution in [1.82, 2.24) is 10.2 Å². The molecule has 1 saturated carbocycles. The number of hydrogen-bond acceptors (Lipinski definition) is 3. The molecule has 0 spiro atoms. The van der Waals surface area contributed by atoms with Crippen LogP contribution in [-0.4, -0.2) is 42.9 Å². The van der Waals surface area contributed by atoms with Gasteiger partial charge in [-0.1, -0.05) is 57.0 Å². The van der Waals surface area contributed by atoms with Gasteiger partial charge in [0.2, 0.25) is 5.91 Å². The van der Waals surface area contributed by atoms with Gasteiger partial charge in [-0.15, -0.1) is 0 Å². The maximum Gasteiger partial charge on any atom is 0.251 e. The highest BCUT2D eigenvalue weighted by molar-refractivity contribution is 6.00. The number of nitrogens with one attached hydrogen (secondary N) is 2. The Bertz CT molecular complexity index is 823. The zero-order valence-corrected chi connectivity index (χ0v) is 18.1. The SMILES string of the molecule is CCN(CC)CCNC(=O)c1ccc(NC(=O)C2(c3ccccc3)CCCC2)cc1. The van der Waals surface area contributed by atoms with E-state index in [-0.39, 0.29) is 11.8 Å². The van der Waals surface area contributed by atoms with Crippen LogP contribution in [0.3, 0.4) is 0 Å². The fourth-order valence-electron chi connectivity index (χ4n) is 4.31. The maximum atomic E-state index is 13.2. The van der Waals surface area contributed by atoms with Gasteiger partial charge in [0, 0.05) is 24.3 Å². The van der Waals surface area contributed by atoms with Crippen LogP contribution in [0.5, 0.6) is 0 Å². The first-order valence-corrected chi connectivity index (χ1v) is 11.1. The number of carbonyl (C=O) groups is 2. The van der Waals surface area contributed by atoms with E-state index in [0.29, 0.717) is 12.1 Å². The number of hydrogen-bond donors (Lipinski definition) is 2. The lowest BCUT2D eigenvalue weighted by Gasteiger charge is -2.28. The molecule has 0 bridgehead atoms. The number of carbonyl (C=O) groups excluding carboxylic acids is 2. The Morgan fingerprint density at radius 2 is 1.57 bits per heavy atom. The second-order valence-electron chi connectivity index (χ2n) is 7.97. The monoisotopic (exact) mass is 407 g/mol. The molecule has 2 aromatic carbocycles. The Kier molecular flexibility index (Phi) is 7.63. The van der Waals surface area contributed by atoms with E-state index in [9.17, 15) is 9.59 Å². The van der Waals surface area contributed by atoms with Crippen LogP contribution in [0, 0.1) is 0 Å². The molecule has 1 fully saturated rings. The molecular weight excluding hydrogens is 374 g/mol. The summed E-state index contributed by atoms with van der Waals surface area (Å²) in [4.78, 5) is 27.9. The number of amides is 2. The second kappa shape index (κ2) is 10.4. The molecule has 5 heteroatoms. The first-order chi connectivity index (χ1) is 14.6. The quantitative estimate of drug-likeness (QED) is 0.655. The summed E-state index contributed by atoms with van der Waals surface area (Å²) >= 11 is 0. The van der Waals surface area contributed by atoms with Crippen LogP contribution in [-0.2, 0) is 10.2 Å². The number of rotatable bonds is 9. The normalized spacial score (nSPS) is 15.2. The Morgan fingerprint density at radius 1 is 0.933 bits per heavy atom. The van der Waals surface area contributed by atoms with Crippen LogP contribution in [0.15, 0.2) is 54.6 Å². The third-order valence-electron chi connectivity index (χ3n) is 6.23.